The Hall–Kier alpha value is -0.0800. The van der Waals surface area contributed by atoms with Crippen molar-refractivity contribution in [3.8, 4) is 0 Å². The van der Waals surface area contributed by atoms with E-state index in [0.29, 0.717) is 11.5 Å². The van der Waals surface area contributed by atoms with E-state index in [0.717, 1.165) is 6.61 Å². The first-order valence-corrected chi connectivity index (χ1v) is 5.17. The molecule has 1 N–H and O–H groups in total. The number of hydrogen-bond acceptors (Lipinski definition) is 2. The largest absolute Gasteiger partial charge is 0.378 e. The average Bonchev–Trinajstić information content (AvgIpc) is 1.90. The van der Waals surface area contributed by atoms with Gasteiger partial charge in [-0.05, 0) is 19.3 Å². The highest BCUT2D eigenvalue weighted by molar-refractivity contribution is 5.03. The van der Waals surface area contributed by atoms with Gasteiger partial charge in [0.15, 0.2) is 0 Å². The lowest BCUT2D eigenvalue weighted by Crippen LogP contribution is -2.62. The van der Waals surface area contributed by atoms with Gasteiger partial charge in [0.2, 0.25) is 0 Å². The van der Waals surface area contributed by atoms with Crippen LogP contribution in [0.2, 0.25) is 0 Å². The maximum absolute atomic E-state index is 5.72. The normalized spacial score (nSPS) is 26.8. The molecule has 1 saturated heterocycles. The molecule has 2 aliphatic rings. The van der Waals surface area contributed by atoms with E-state index in [-0.39, 0.29) is 0 Å². The van der Waals surface area contributed by atoms with Crippen molar-refractivity contribution in [3.05, 3.63) is 0 Å². The molecule has 2 fully saturated rings. The van der Waals surface area contributed by atoms with Gasteiger partial charge in [-0.3, -0.25) is 0 Å². The van der Waals surface area contributed by atoms with Crippen molar-refractivity contribution in [2.45, 2.75) is 38.7 Å². The summed E-state index contributed by atoms with van der Waals surface area (Å²) in [5.41, 5.74) is 0.677. The molecule has 1 heterocycles. The molecule has 0 amide bonds. The quantitative estimate of drug-likeness (QED) is 0.645. The van der Waals surface area contributed by atoms with Crippen LogP contribution in [0.15, 0.2) is 0 Å². The molecule has 1 spiro atoms. The minimum Gasteiger partial charge on any atom is -0.378 e. The zero-order valence-corrected chi connectivity index (χ0v) is 7.94. The number of hydrogen-bond donors (Lipinski definition) is 1. The molecule has 1 aliphatic carbocycles. The minimum atomic E-state index is 0.596. The highest BCUT2D eigenvalue weighted by Crippen LogP contribution is 2.45. The molecule has 0 bridgehead atoms. The van der Waals surface area contributed by atoms with Gasteiger partial charge in [0, 0.05) is 25.1 Å². The van der Waals surface area contributed by atoms with Gasteiger partial charge < -0.3 is 10.1 Å². The van der Waals surface area contributed by atoms with Crippen molar-refractivity contribution in [2.75, 3.05) is 19.7 Å². The lowest BCUT2D eigenvalue weighted by molar-refractivity contribution is -0.103. The Kier molecular flexibility index (Phi) is 2.37. The third kappa shape index (κ3) is 1.50. The van der Waals surface area contributed by atoms with Crippen molar-refractivity contribution in [3.63, 3.8) is 0 Å². The van der Waals surface area contributed by atoms with E-state index >= 15 is 0 Å². The molecule has 2 rings (SSSR count). The lowest BCUT2D eigenvalue weighted by atomic mass is 9.63. The Balaban J connectivity index is 1.56. The predicted molar refractivity (Wildman–Crippen MR) is 49.2 cm³/mol. The summed E-state index contributed by atoms with van der Waals surface area (Å²) in [7, 11) is 0. The Bertz CT molecular complexity index is 146. The van der Waals surface area contributed by atoms with Gasteiger partial charge in [-0.1, -0.05) is 13.3 Å². The molecular weight excluding hydrogens is 150 g/mol. The van der Waals surface area contributed by atoms with Crippen LogP contribution in [-0.2, 0) is 4.74 Å². The second-order valence-corrected chi connectivity index (χ2v) is 4.36. The Morgan fingerprint density at radius 1 is 1.42 bits per heavy atom. The third-order valence-electron chi connectivity index (χ3n) is 3.17. The number of nitrogens with one attached hydrogen (secondary N) is 1. The van der Waals surface area contributed by atoms with Crippen LogP contribution in [0.1, 0.15) is 32.6 Å². The van der Waals surface area contributed by atoms with E-state index in [1.165, 1.54) is 38.8 Å². The van der Waals surface area contributed by atoms with Gasteiger partial charge in [-0.15, -0.1) is 0 Å². The molecule has 0 aromatic rings. The molecule has 70 valence electrons. The van der Waals surface area contributed by atoms with Gasteiger partial charge in [0.05, 0.1) is 6.10 Å². The topological polar surface area (TPSA) is 21.3 Å². The molecule has 0 atom stereocenters. The van der Waals surface area contributed by atoms with Crippen LogP contribution in [0.3, 0.4) is 0 Å². The van der Waals surface area contributed by atoms with Gasteiger partial charge in [-0.25, -0.2) is 0 Å². The van der Waals surface area contributed by atoms with Crippen LogP contribution < -0.4 is 5.32 Å². The van der Waals surface area contributed by atoms with E-state index in [4.69, 9.17) is 4.74 Å². The van der Waals surface area contributed by atoms with Crippen molar-refractivity contribution in [1.29, 1.82) is 0 Å². The highest BCUT2D eigenvalue weighted by atomic mass is 16.5. The van der Waals surface area contributed by atoms with Crippen molar-refractivity contribution >= 4 is 0 Å². The van der Waals surface area contributed by atoms with Crippen LogP contribution in [0.4, 0.5) is 0 Å². The van der Waals surface area contributed by atoms with Gasteiger partial charge in [0.1, 0.15) is 0 Å². The average molecular weight is 169 g/mol. The first-order chi connectivity index (χ1) is 5.85. The first-order valence-electron chi connectivity index (χ1n) is 5.17. The fourth-order valence-electron chi connectivity index (χ4n) is 2.19. The maximum Gasteiger partial charge on any atom is 0.0587 e. The molecule has 0 aromatic carbocycles. The molecule has 0 aromatic heterocycles. The van der Waals surface area contributed by atoms with E-state index in [1.807, 2.05) is 0 Å². The van der Waals surface area contributed by atoms with Crippen LogP contribution in [-0.4, -0.2) is 25.8 Å². The van der Waals surface area contributed by atoms with Crippen LogP contribution in [0.25, 0.3) is 0 Å². The number of ether oxygens (including phenoxy) is 1. The predicted octanol–water partition coefficient (Wildman–Crippen LogP) is 1.56. The summed E-state index contributed by atoms with van der Waals surface area (Å²) in [6.07, 6.45) is 5.69. The van der Waals surface area contributed by atoms with E-state index < -0.39 is 0 Å². The Morgan fingerprint density at radius 2 is 2.17 bits per heavy atom. The minimum absolute atomic E-state index is 0.596. The monoisotopic (exact) mass is 169 g/mol. The molecular formula is C10H19NO. The summed E-state index contributed by atoms with van der Waals surface area (Å²) in [4.78, 5) is 0. The highest BCUT2D eigenvalue weighted by Gasteiger charge is 2.48. The second-order valence-electron chi connectivity index (χ2n) is 4.36. The fourth-order valence-corrected chi connectivity index (χ4v) is 2.19. The van der Waals surface area contributed by atoms with E-state index in [2.05, 4.69) is 12.2 Å². The summed E-state index contributed by atoms with van der Waals surface area (Å²) < 4.78 is 5.72. The van der Waals surface area contributed by atoms with Gasteiger partial charge >= 0.3 is 0 Å². The SMILES string of the molecule is CCCCOC1CC2(CNC2)C1. The van der Waals surface area contributed by atoms with Gasteiger partial charge in [-0.2, -0.15) is 0 Å². The summed E-state index contributed by atoms with van der Waals surface area (Å²) in [5, 5.41) is 3.34. The number of rotatable bonds is 4. The van der Waals surface area contributed by atoms with Crippen LogP contribution in [0.5, 0.6) is 0 Å². The first kappa shape index (κ1) is 8.52. The molecule has 0 unspecified atom stereocenters. The Morgan fingerprint density at radius 3 is 2.67 bits per heavy atom. The number of unbranched alkanes of at least 4 members (excludes halogenated alkanes) is 1. The third-order valence-corrected chi connectivity index (χ3v) is 3.17. The summed E-state index contributed by atoms with van der Waals surface area (Å²) in [5.74, 6) is 0. The van der Waals surface area contributed by atoms with E-state index in [9.17, 15) is 0 Å². The molecule has 0 radical (unpaired) electrons. The zero-order valence-electron chi connectivity index (χ0n) is 7.94. The van der Waals surface area contributed by atoms with E-state index in [1.54, 1.807) is 0 Å². The Labute approximate surface area is 74.7 Å². The summed E-state index contributed by atoms with van der Waals surface area (Å²) in [6.45, 7) is 5.66. The van der Waals surface area contributed by atoms with Crippen molar-refractivity contribution in [1.82, 2.24) is 5.32 Å². The standard InChI is InChI=1S/C10H19NO/c1-2-3-4-12-9-5-10(6-9)7-11-8-10/h9,11H,2-8H2,1H3. The second kappa shape index (κ2) is 3.35. The fraction of sp³-hybridized carbons (Fsp3) is 1.00. The maximum atomic E-state index is 5.72. The lowest BCUT2D eigenvalue weighted by Gasteiger charge is -2.54. The van der Waals surface area contributed by atoms with Crippen molar-refractivity contribution < 1.29 is 4.74 Å². The van der Waals surface area contributed by atoms with Crippen LogP contribution in [0, 0.1) is 5.41 Å². The summed E-state index contributed by atoms with van der Waals surface area (Å²) in [6, 6.07) is 0. The molecule has 1 saturated carbocycles. The van der Waals surface area contributed by atoms with Gasteiger partial charge in [0.25, 0.3) is 0 Å². The molecule has 2 heteroatoms. The molecule has 2 nitrogen and oxygen atoms in total. The zero-order chi connectivity index (χ0) is 8.44. The summed E-state index contributed by atoms with van der Waals surface area (Å²) >= 11 is 0. The molecule has 1 aliphatic heterocycles. The molecule has 12 heavy (non-hydrogen) atoms. The van der Waals surface area contributed by atoms with Crippen molar-refractivity contribution in [2.24, 2.45) is 5.41 Å². The smallest absolute Gasteiger partial charge is 0.0587 e. The van der Waals surface area contributed by atoms with Crippen LogP contribution >= 0.6 is 0 Å².